The monoisotopic (exact) mass is 372 g/mol. The number of carbonyl (C=O) groups excluding carboxylic acids is 2. The van der Waals surface area contributed by atoms with Gasteiger partial charge >= 0.3 is 0 Å². The molecule has 0 aliphatic heterocycles. The number of nitriles is 1. The van der Waals surface area contributed by atoms with Gasteiger partial charge in [-0.25, -0.2) is 0 Å². The van der Waals surface area contributed by atoms with Crippen molar-refractivity contribution < 1.29 is 9.59 Å². The van der Waals surface area contributed by atoms with Gasteiger partial charge in [0.15, 0.2) is 0 Å². The van der Waals surface area contributed by atoms with Gasteiger partial charge in [0.1, 0.15) is 18.2 Å². The summed E-state index contributed by atoms with van der Waals surface area (Å²) in [5.41, 5.74) is 2.34. The van der Waals surface area contributed by atoms with Crippen molar-refractivity contribution in [2.75, 3.05) is 19.4 Å². The lowest BCUT2D eigenvalue weighted by Crippen LogP contribution is -2.22. The minimum Gasteiger partial charge on any atom is -0.344 e. The van der Waals surface area contributed by atoms with E-state index in [9.17, 15) is 14.9 Å². The van der Waals surface area contributed by atoms with Crippen LogP contribution >= 0.6 is 0 Å². The molecule has 0 saturated heterocycles. The molecule has 0 saturated carbocycles. The summed E-state index contributed by atoms with van der Waals surface area (Å²) in [6.07, 6.45) is 3.35. The number of rotatable bonds is 5. The second-order valence-electron chi connectivity index (χ2n) is 6.51. The number of nitrogens with one attached hydrogen (secondary N) is 1. The number of fused-ring (bicyclic) bond motifs is 1. The van der Waals surface area contributed by atoms with E-state index in [1.54, 1.807) is 26.4 Å². The fourth-order valence-electron chi connectivity index (χ4n) is 2.94. The summed E-state index contributed by atoms with van der Waals surface area (Å²) in [4.78, 5) is 26.0. The second kappa shape index (κ2) is 8.23. The van der Waals surface area contributed by atoms with Crippen LogP contribution in [0.2, 0.25) is 0 Å². The zero-order chi connectivity index (χ0) is 20.1. The van der Waals surface area contributed by atoms with Gasteiger partial charge in [-0.15, -0.1) is 0 Å². The van der Waals surface area contributed by atoms with Crippen LogP contribution in [-0.2, 0) is 16.1 Å². The van der Waals surface area contributed by atoms with Crippen LogP contribution < -0.4 is 5.32 Å². The molecule has 0 bridgehead atoms. The van der Waals surface area contributed by atoms with Gasteiger partial charge in [0.05, 0.1) is 0 Å². The van der Waals surface area contributed by atoms with Gasteiger partial charge in [0.2, 0.25) is 5.91 Å². The molecule has 1 heterocycles. The van der Waals surface area contributed by atoms with E-state index in [1.807, 2.05) is 65.2 Å². The van der Waals surface area contributed by atoms with Crippen LogP contribution in [0.4, 0.5) is 5.69 Å². The number of likely N-dealkylation sites (N-methyl/N-ethyl adjacent to an activating group) is 1. The number of carbonyl (C=O) groups is 2. The summed E-state index contributed by atoms with van der Waals surface area (Å²) >= 11 is 0. The zero-order valence-electron chi connectivity index (χ0n) is 15.7. The van der Waals surface area contributed by atoms with Crippen molar-refractivity contribution in [2.45, 2.75) is 6.54 Å². The van der Waals surface area contributed by atoms with E-state index in [0.717, 1.165) is 22.2 Å². The second-order valence-corrected chi connectivity index (χ2v) is 6.51. The molecule has 3 rings (SSSR count). The van der Waals surface area contributed by atoms with E-state index in [1.165, 1.54) is 4.90 Å². The Morgan fingerprint density at radius 1 is 1.11 bits per heavy atom. The molecule has 0 radical (unpaired) electrons. The molecule has 1 aromatic heterocycles. The maximum absolute atomic E-state index is 12.5. The molecule has 28 heavy (non-hydrogen) atoms. The average molecular weight is 372 g/mol. The fraction of sp³-hybridized carbons (Fsp3) is 0.136. The largest absolute Gasteiger partial charge is 0.344 e. The molecule has 0 aliphatic rings. The molecule has 0 spiro atoms. The normalized spacial score (nSPS) is 11.1. The summed E-state index contributed by atoms with van der Waals surface area (Å²) in [5.74, 6) is -0.520. The van der Waals surface area contributed by atoms with Crippen LogP contribution in [0.1, 0.15) is 5.56 Å². The van der Waals surface area contributed by atoms with Gasteiger partial charge in [-0.3, -0.25) is 9.59 Å². The Morgan fingerprint density at radius 2 is 1.79 bits per heavy atom. The Bertz CT molecular complexity index is 1090. The van der Waals surface area contributed by atoms with Crippen LogP contribution in [0.25, 0.3) is 17.0 Å². The highest BCUT2D eigenvalue weighted by Crippen LogP contribution is 2.24. The topological polar surface area (TPSA) is 78.1 Å². The number of benzene rings is 2. The Kier molecular flexibility index (Phi) is 5.56. The molecule has 2 aromatic carbocycles. The molecule has 6 nitrogen and oxygen atoms in total. The maximum atomic E-state index is 12.5. The lowest BCUT2D eigenvalue weighted by atomic mass is 10.1. The predicted octanol–water partition coefficient (Wildman–Crippen LogP) is 3.28. The number of hydrogen-bond acceptors (Lipinski definition) is 3. The molecule has 1 N–H and O–H groups in total. The summed E-state index contributed by atoms with van der Waals surface area (Å²) in [6.45, 7) is 0.118. The number of aromatic nitrogens is 1. The Morgan fingerprint density at radius 3 is 2.46 bits per heavy atom. The minimum atomic E-state index is -0.360. The Balaban J connectivity index is 1.94. The molecular formula is C22H20N4O2. The number of anilines is 1. The fourth-order valence-corrected chi connectivity index (χ4v) is 2.94. The molecule has 0 aliphatic carbocycles. The molecule has 3 aromatic rings. The zero-order valence-corrected chi connectivity index (χ0v) is 15.7. The van der Waals surface area contributed by atoms with Crippen LogP contribution in [0, 0.1) is 11.3 Å². The molecule has 0 atom stereocenters. The van der Waals surface area contributed by atoms with Gasteiger partial charge < -0.3 is 14.8 Å². The Labute approximate surface area is 163 Å². The van der Waals surface area contributed by atoms with Crippen molar-refractivity contribution in [3.05, 3.63) is 71.9 Å². The number of para-hydroxylation sites is 2. The average Bonchev–Trinajstić information content (AvgIpc) is 3.03. The third kappa shape index (κ3) is 4.10. The lowest BCUT2D eigenvalue weighted by Gasteiger charge is -2.08. The highest BCUT2D eigenvalue weighted by atomic mass is 16.2. The molecular weight excluding hydrogens is 352 g/mol. The first-order valence-corrected chi connectivity index (χ1v) is 8.76. The van der Waals surface area contributed by atoms with Crippen LogP contribution in [-0.4, -0.2) is 35.4 Å². The van der Waals surface area contributed by atoms with Crippen molar-refractivity contribution in [3.63, 3.8) is 0 Å². The van der Waals surface area contributed by atoms with E-state index in [4.69, 9.17) is 0 Å². The van der Waals surface area contributed by atoms with Crippen molar-refractivity contribution in [1.82, 2.24) is 9.47 Å². The first kappa shape index (κ1) is 18.9. The first-order valence-electron chi connectivity index (χ1n) is 8.76. The molecule has 140 valence electrons. The van der Waals surface area contributed by atoms with E-state index in [0.29, 0.717) is 0 Å². The van der Waals surface area contributed by atoms with Gasteiger partial charge in [-0.05, 0) is 24.3 Å². The van der Waals surface area contributed by atoms with E-state index < -0.39 is 0 Å². The standard InChI is InChI=1S/C22H20N4O2/c1-25(2)22(28)16(13-23)12-17-14-26(20-11-7-6-10-19(17)20)15-21(27)24-18-8-4-3-5-9-18/h3-12,14H,15H2,1-2H3,(H,24,27)/b16-12+. The quantitative estimate of drug-likeness (QED) is 0.551. The molecule has 2 amide bonds. The molecule has 6 heteroatoms. The van der Waals surface area contributed by atoms with Gasteiger partial charge in [0.25, 0.3) is 5.91 Å². The van der Waals surface area contributed by atoms with Gasteiger partial charge in [0, 0.05) is 42.4 Å². The first-order chi connectivity index (χ1) is 13.5. The van der Waals surface area contributed by atoms with Gasteiger partial charge in [-0.2, -0.15) is 5.26 Å². The van der Waals surface area contributed by atoms with Gasteiger partial charge in [-0.1, -0.05) is 36.4 Å². The Hall–Kier alpha value is -3.85. The summed E-state index contributed by atoms with van der Waals surface area (Å²) < 4.78 is 1.81. The third-order valence-electron chi connectivity index (χ3n) is 4.25. The van der Waals surface area contributed by atoms with Crippen molar-refractivity contribution in [2.24, 2.45) is 0 Å². The molecule has 0 unspecified atom stereocenters. The number of nitrogens with zero attached hydrogens (tertiary/aromatic N) is 3. The highest BCUT2D eigenvalue weighted by Gasteiger charge is 2.15. The van der Waals surface area contributed by atoms with Crippen LogP contribution in [0.3, 0.4) is 0 Å². The van der Waals surface area contributed by atoms with Crippen molar-refractivity contribution >= 4 is 34.5 Å². The van der Waals surface area contributed by atoms with E-state index in [-0.39, 0.29) is 23.9 Å². The van der Waals surface area contributed by atoms with Crippen molar-refractivity contribution in [1.29, 1.82) is 5.26 Å². The minimum absolute atomic E-state index is 0.0432. The molecule has 0 fully saturated rings. The SMILES string of the molecule is CN(C)C(=O)/C(C#N)=C/c1cn(CC(=O)Nc2ccccc2)c2ccccc12. The van der Waals surface area contributed by atoms with Crippen LogP contribution in [0.15, 0.2) is 66.4 Å². The van der Waals surface area contributed by atoms with Crippen molar-refractivity contribution in [3.8, 4) is 6.07 Å². The predicted molar refractivity (Wildman–Crippen MR) is 109 cm³/mol. The summed E-state index contributed by atoms with van der Waals surface area (Å²) in [6, 6.07) is 18.8. The summed E-state index contributed by atoms with van der Waals surface area (Å²) in [7, 11) is 3.20. The maximum Gasteiger partial charge on any atom is 0.264 e. The lowest BCUT2D eigenvalue weighted by molar-refractivity contribution is -0.124. The van der Waals surface area contributed by atoms with Crippen LogP contribution in [0.5, 0.6) is 0 Å². The van der Waals surface area contributed by atoms with E-state index in [2.05, 4.69) is 5.32 Å². The summed E-state index contributed by atoms with van der Waals surface area (Å²) in [5, 5.41) is 13.1. The third-order valence-corrected chi connectivity index (χ3v) is 4.25. The smallest absolute Gasteiger partial charge is 0.264 e. The number of amides is 2. The number of hydrogen-bond donors (Lipinski definition) is 1. The highest BCUT2D eigenvalue weighted by molar-refractivity contribution is 6.04. The van der Waals surface area contributed by atoms with E-state index >= 15 is 0 Å².